The molecule has 3 aliphatic rings. The van der Waals surface area contributed by atoms with Crippen LogP contribution in [0.2, 0.25) is 0 Å². The molecule has 2 aromatic carbocycles. The van der Waals surface area contributed by atoms with Gasteiger partial charge in [-0.2, -0.15) is 5.10 Å². The molecular formula is C34H40FN7O4. The quantitative estimate of drug-likeness (QED) is 0.413. The normalized spacial score (nSPS) is 22.1. The van der Waals surface area contributed by atoms with Crippen LogP contribution in [0, 0.1) is 5.82 Å². The molecule has 4 heterocycles. The average Bonchev–Trinajstić information content (AvgIpc) is 3.49. The molecule has 2 saturated heterocycles. The minimum absolute atomic E-state index is 0.00473. The van der Waals surface area contributed by atoms with E-state index in [1.807, 2.05) is 23.1 Å². The molecule has 242 valence electrons. The third-order valence-electron chi connectivity index (χ3n) is 9.26. The fourth-order valence-electron chi connectivity index (χ4n) is 6.72. The van der Waals surface area contributed by atoms with Crippen LogP contribution in [-0.4, -0.2) is 107 Å². The molecule has 3 aliphatic heterocycles. The summed E-state index contributed by atoms with van der Waals surface area (Å²) in [6.45, 7) is 5.97. The summed E-state index contributed by atoms with van der Waals surface area (Å²) in [5.41, 5.74) is 3.60. The summed E-state index contributed by atoms with van der Waals surface area (Å²) in [4.78, 5) is 49.2. The number of allylic oxidation sites excluding steroid dienone is 1. The molecule has 12 heteroatoms. The topological polar surface area (TPSA) is 123 Å². The van der Waals surface area contributed by atoms with Crippen molar-refractivity contribution in [3.05, 3.63) is 65.1 Å². The lowest BCUT2D eigenvalue weighted by molar-refractivity contribution is -0.143. The van der Waals surface area contributed by atoms with E-state index < -0.39 is 11.9 Å². The number of rotatable bonds is 7. The van der Waals surface area contributed by atoms with Crippen molar-refractivity contribution in [2.75, 3.05) is 39.8 Å². The largest absolute Gasteiger partial charge is 0.496 e. The number of benzene rings is 2. The highest BCUT2D eigenvalue weighted by atomic mass is 19.1. The van der Waals surface area contributed by atoms with E-state index in [1.165, 1.54) is 20.1 Å². The Bertz CT molecular complexity index is 1690. The van der Waals surface area contributed by atoms with Gasteiger partial charge >= 0.3 is 0 Å². The summed E-state index contributed by atoms with van der Waals surface area (Å²) >= 11 is 0. The number of halogens is 1. The first-order chi connectivity index (χ1) is 22.2. The van der Waals surface area contributed by atoms with Crippen LogP contribution in [0.1, 0.15) is 54.7 Å². The summed E-state index contributed by atoms with van der Waals surface area (Å²) in [6, 6.07) is 9.58. The molecule has 0 bridgehead atoms. The van der Waals surface area contributed by atoms with Gasteiger partial charge in [0, 0.05) is 75.0 Å². The lowest BCUT2D eigenvalue weighted by Gasteiger charge is -2.43. The lowest BCUT2D eigenvalue weighted by Crippen LogP contribution is -2.59. The number of aromatic amines is 1. The second-order valence-electron chi connectivity index (χ2n) is 12.3. The molecule has 3 atom stereocenters. The Morgan fingerprint density at radius 1 is 1.09 bits per heavy atom. The summed E-state index contributed by atoms with van der Waals surface area (Å²) in [5, 5.41) is 11.6. The van der Waals surface area contributed by atoms with Gasteiger partial charge in [0.1, 0.15) is 11.6 Å². The number of H-pyrrole nitrogens is 1. The molecule has 1 aromatic heterocycles. The zero-order chi connectivity index (χ0) is 32.4. The van der Waals surface area contributed by atoms with Gasteiger partial charge in [-0.15, -0.1) is 0 Å². The minimum atomic E-state index is -0.499. The van der Waals surface area contributed by atoms with Crippen molar-refractivity contribution >= 4 is 40.4 Å². The Hall–Kier alpha value is -4.58. The third kappa shape index (κ3) is 6.53. The minimum Gasteiger partial charge on any atom is -0.496 e. The van der Waals surface area contributed by atoms with E-state index in [0.717, 1.165) is 28.6 Å². The van der Waals surface area contributed by atoms with Gasteiger partial charge in [0.15, 0.2) is 0 Å². The van der Waals surface area contributed by atoms with E-state index in [9.17, 15) is 14.4 Å². The molecule has 46 heavy (non-hydrogen) atoms. The maximum Gasteiger partial charge on any atom is 0.251 e. The van der Waals surface area contributed by atoms with Crippen LogP contribution in [0.5, 0.6) is 5.75 Å². The fourth-order valence-corrected chi connectivity index (χ4v) is 6.72. The van der Waals surface area contributed by atoms with Crippen molar-refractivity contribution in [3.8, 4) is 5.75 Å². The van der Waals surface area contributed by atoms with Gasteiger partial charge in [-0.25, -0.2) is 4.39 Å². The number of aromatic nitrogens is 2. The first kappa shape index (κ1) is 31.4. The number of ether oxygens (including phenoxy) is 1. The van der Waals surface area contributed by atoms with Crippen molar-refractivity contribution < 1.29 is 23.5 Å². The predicted molar refractivity (Wildman–Crippen MR) is 173 cm³/mol. The van der Waals surface area contributed by atoms with Gasteiger partial charge in [0.05, 0.1) is 30.4 Å². The number of fused-ring (bicyclic) bond motifs is 1. The number of piperidine rings is 1. The number of carbonyl (C=O) groups excluding carboxylic acids is 3. The van der Waals surface area contributed by atoms with Crippen molar-refractivity contribution in [2.45, 2.75) is 57.8 Å². The van der Waals surface area contributed by atoms with E-state index in [1.54, 1.807) is 34.2 Å². The molecular weight excluding hydrogens is 589 g/mol. The van der Waals surface area contributed by atoms with Gasteiger partial charge in [-0.05, 0) is 68.2 Å². The molecule has 3 aromatic rings. The highest BCUT2D eigenvalue weighted by Crippen LogP contribution is 2.30. The monoisotopic (exact) mass is 629 g/mol. The van der Waals surface area contributed by atoms with E-state index in [4.69, 9.17) is 4.74 Å². The Morgan fingerprint density at radius 3 is 2.61 bits per heavy atom. The molecule has 2 N–H and O–H groups in total. The number of methoxy groups -OCH3 is 1. The predicted octanol–water partition coefficient (Wildman–Crippen LogP) is 3.41. The Morgan fingerprint density at radius 2 is 1.87 bits per heavy atom. The van der Waals surface area contributed by atoms with Gasteiger partial charge in [0.25, 0.3) is 5.91 Å². The SMILES string of the molecule is COc1cccc(F)c1CN1C[C@H](NC(=O)c2ccc3[nH]nc(C4=CC=NC(C)C4)c3c2)CC[C@H]1C(=O)N1CCN(C(C)=O)CC1. The summed E-state index contributed by atoms with van der Waals surface area (Å²) in [6.07, 6.45) is 5.61. The first-order valence-electron chi connectivity index (χ1n) is 15.8. The van der Waals surface area contributed by atoms with Crippen LogP contribution < -0.4 is 10.1 Å². The Balaban J connectivity index is 1.20. The van der Waals surface area contributed by atoms with Crippen LogP contribution >= 0.6 is 0 Å². The summed E-state index contributed by atoms with van der Waals surface area (Å²) < 4.78 is 20.5. The number of nitrogens with zero attached hydrogens (tertiary/aromatic N) is 5. The zero-order valence-corrected chi connectivity index (χ0v) is 26.5. The summed E-state index contributed by atoms with van der Waals surface area (Å²) in [7, 11) is 1.50. The van der Waals surface area contributed by atoms with Crippen LogP contribution in [-0.2, 0) is 16.1 Å². The van der Waals surface area contributed by atoms with Gasteiger partial charge < -0.3 is 19.9 Å². The molecule has 0 spiro atoms. The van der Waals surface area contributed by atoms with Crippen LogP contribution in [0.4, 0.5) is 4.39 Å². The molecule has 1 unspecified atom stereocenters. The zero-order valence-electron chi connectivity index (χ0n) is 26.5. The molecule has 3 amide bonds. The third-order valence-corrected chi connectivity index (χ3v) is 9.26. The van der Waals surface area contributed by atoms with E-state index in [0.29, 0.717) is 62.4 Å². The van der Waals surface area contributed by atoms with Crippen molar-refractivity contribution in [1.29, 1.82) is 0 Å². The molecule has 0 radical (unpaired) electrons. The number of amides is 3. The highest BCUT2D eigenvalue weighted by molar-refractivity contribution is 6.01. The lowest BCUT2D eigenvalue weighted by atomic mass is 9.95. The highest BCUT2D eigenvalue weighted by Gasteiger charge is 2.38. The smallest absolute Gasteiger partial charge is 0.251 e. The molecule has 11 nitrogen and oxygen atoms in total. The van der Waals surface area contributed by atoms with E-state index >= 15 is 4.39 Å². The van der Waals surface area contributed by atoms with Crippen molar-refractivity contribution in [1.82, 2.24) is 30.2 Å². The second-order valence-corrected chi connectivity index (χ2v) is 12.3. The summed E-state index contributed by atoms with van der Waals surface area (Å²) in [5.74, 6) is -0.275. The van der Waals surface area contributed by atoms with Gasteiger partial charge in [0.2, 0.25) is 11.8 Å². The number of hydrogen-bond donors (Lipinski definition) is 2. The molecule has 0 aliphatic carbocycles. The molecule has 0 saturated carbocycles. The van der Waals surface area contributed by atoms with E-state index in [-0.39, 0.29) is 36.3 Å². The Labute approximate surface area is 267 Å². The van der Waals surface area contributed by atoms with Crippen LogP contribution in [0.25, 0.3) is 16.5 Å². The van der Waals surface area contributed by atoms with Gasteiger partial charge in [-0.3, -0.25) is 29.4 Å². The molecule has 2 fully saturated rings. The number of carbonyl (C=O) groups is 3. The molecule has 6 rings (SSSR count). The fraction of sp³-hybridized carbons (Fsp3) is 0.441. The number of aliphatic imine (C=N–C) groups is 1. The standard InChI is InChI=1S/C34H40FN7O4/c1-21-17-23(11-12-36-21)32-26-18-24(7-9-29(26)38-39-32)33(44)37-25-8-10-30(34(45)41-15-13-40(14-16-41)22(2)43)42(19-25)20-27-28(35)5-4-6-31(27)46-3/h4-7,9,11-12,18,21,25,30H,8,10,13-17,19-20H2,1-3H3,(H,37,44)(H,38,39)/t21?,25-,30+/m1/s1. The average molecular weight is 630 g/mol. The van der Waals surface area contributed by atoms with Gasteiger partial charge in [-0.1, -0.05) is 6.07 Å². The van der Waals surface area contributed by atoms with E-state index in [2.05, 4.69) is 27.4 Å². The maximum atomic E-state index is 15.1. The van der Waals surface area contributed by atoms with Crippen LogP contribution in [0.3, 0.4) is 0 Å². The second kappa shape index (κ2) is 13.4. The van der Waals surface area contributed by atoms with Crippen molar-refractivity contribution in [3.63, 3.8) is 0 Å². The maximum absolute atomic E-state index is 15.1. The first-order valence-corrected chi connectivity index (χ1v) is 15.8. The number of dihydropyridines is 1. The number of likely N-dealkylation sites (tertiary alicyclic amines) is 1. The number of piperazine rings is 1. The number of hydrogen-bond acceptors (Lipinski definition) is 7. The van der Waals surface area contributed by atoms with Crippen LogP contribution in [0.15, 0.2) is 47.5 Å². The number of nitrogens with one attached hydrogen (secondary N) is 2. The van der Waals surface area contributed by atoms with Crippen molar-refractivity contribution in [2.24, 2.45) is 4.99 Å². The Kier molecular flexibility index (Phi) is 9.16.